The summed E-state index contributed by atoms with van der Waals surface area (Å²) < 4.78 is 35.4. The van der Waals surface area contributed by atoms with Crippen molar-refractivity contribution in [1.29, 1.82) is 5.41 Å². The van der Waals surface area contributed by atoms with Crippen LogP contribution in [0.2, 0.25) is 0 Å². The van der Waals surface area contributed by atoms with Gasteiger partial charge in [0.15, 0.2) is 0 Å². The minimum atomic E-state index is -3.30. The Bertz CT molecular complexity index is 1280. The highest BCUT2D eigenvalue weighted by molar-refractivity contribution is 5.96. The summed E-state index contributed by atoms with van der Waals surface area (Å²) in [6.07, 6.45) is 1.15. The molecule has 2 aromatic carbocycles. The van der Waals surface area contributed by atoms with Crippen molar-refractivity contribution in [3.8, 4) is 11.4 Å². The fourth-order valence-electron chi connectivity index (χ4n) is 4.17. The van der Waals surface area contributed by atoms with Crippen LogP contribution in [0.4, 0.5) is 14.5 Å². The quantitative estimate of drug-likeness (QED) is 0.395. The van der Waals surface area contributed by atoms with E-state index in [1.54, 1.807) is 48.5 Å². The Morgan fingerprint density at radius 2 is 2.00 bits per heavy atom. The first-order valence-electron chi connectivity index (χ1n) is 11.9. The van der Waals surface area contributed by atoms with Crippen LogP contribution in [-0.2, 0) is 4.79 Å². The van der Waals surface area contributed by atoms with E-state index in [0.29, 0.717) is 22.4 Å². The highest BCUT2D eigenvalue weighted by atomic mass is 19.3. The molecule has 1 aliphatic rings. The number of rotatable bonds is 8. The van der Waals surface area contributed by atoms with Gasteiger partial charge in [-0.2, -0.15) is 4.98 Å². The molecule has 4 rings (SSSR count). The number of nitrogens with one attached hydrogen (secondary N) is 3. The highest BCUT2D eigenvalue weighted by Crippen LogP contribution is 2.40. The largest absolute Gasteiger partial charge is 0.382 e. The predicted octanol–water partition coefficient (Wildman–Crippen LogP) is 3.94. The molecule has 3 N–H and O–H groups in total. The highest BCUT2D eigenvalue weighted by Gasteiger charge is 2.49. The second-order valence-corrected chi connectivity index (χ2v) is 9.17. The van der Waals surface area contributed by atoms with E-state index in [2.05, 4.69) is 20.8 Å². The Labute approximate surface area is 212 Å². The van der Waals surface area contributed by atoms with Crippen LogP contribution < -0.4 is 10.6 Å². The number of anilines is 1. The maximum atomic E-state index is 15.1. The van der Waals surface area contributed by atoms with E-state index in [1.807, 2.05) is 13.8 Å². The van der Waals surface area contributed by atoms with Gasteiger partial charge in [0.1, 0.15) is 5.92 Å². The zero-order valence-corrected chi connectivity index (χ0v) is 20.5. The first-order chi connectivity index (χ1) is 17.7. The van der Waals surface area contributed by atoms with E-state index in [1.165, 1.54) is 6.21 Å². The summed E-state index contributed by atoms with van der Waals surface area (Å²) in [4.78, 5) is 29.9. The molecule has 1 fully saturated rings. The molecule has 1 atom stereocenters. The van der Waals surface area contributed by atoms with Crippen molar-refractivity contribution >= 4 is 23.7 Å². The molecule has 0 bridgehead atoms. The minimum Gasteiger partial charge on any atom is -0.382 e. The number of carbonyl (C=O) groups is 2. The van der Waals surface area contributed by atoms with Crippen molar-refractivity contribution < 1.29 is 22.9 Å². The zero-order chi connectivity index (χ0) is 26.6. The summed E-state index contributed by atoms with van der Waals surface area (Å²) in [5, 5.41) is 17.2. The van der Waals surface area contributed by atoms with E-state index in [9.17, 15) is 9.59 Å². The van der Waals surface area contributed by atoms with Crippen LogP contribution in [0.25, 0.3) is 11.4 Å². The van der Waals surface area contributed by atoms with Crippen LogP contribution in [0.3, 0.4) is 0 Å². The molecular formula is C26H28F2N6O3. The number of aromatic nitrogens is 2. The van der Waals surface area contributed by atoms with Gasteiger partial charge in [0, 0.05) is 41.2 Å². The second-order valence-electron chi connectivity index (χ2n) is 9.17. The first kappa shape index (κ1) is 25.9. The average Bonchev–Trinajstić information content (AvgIpc) is 3.36. The molecule has 3 aromatic rings. The van der Waals surface area contributed by atoms with Crippen LogP contribution in [0.1, 0.15) is 48.0 Å². The van der Waals surface area contributed by atoms with Gasteiger partial charge in [-0.25, -0.2) is 8.78 Å². The number of amides is 2. The van der Waals surface area contributed by atoms with E-state index in [0.717, 1.165) is 4.90 Å². The number of carbonyl (C=O) groups excluding carboxylic acids is 2. The van der Waals surface area contributed by atoms with Crippen molar-refractivity contribution in [3.05, 3.63) is 65.5 Å². The molecule has 1 unspecified atom stereocenters. The number of alkyl halides is 2. The minimum absolute atomic E-state index is 0.0640. The van der Waals surface area contributed by atoms with Gasteiger partial charge < -0.3 is 25.5 Å². The Hall–Kier alpha value is -4.15. The van der Waals surface area contributed by atoms with Crippen LogP contribution in [0.15, 0.2) is 53.1 Å². The Kier molecular flexibility index (Phi) is 7.61. The monoisotopic (exact) mass is 510 g/mol. The van der Waals surface area contributed by atoms with Gasteiger partial charge in [0.05, 0.1) is 13.1 Å². The maximum Gasteiger partial charge on any atom is 0.276 e. The van der Waals surface area contributed by atoms with E-state index >= 15 is 8.78 Å². The molecule has 0 saturated carbocycles. The molecule has 0 aliphatic carbocycles. The summed E-state index contributed by atoms with van der Waals surface area (Å²) in [6.45, 7) is 2.80. The molecule has 0 radical (unpaired) electrons. The third kappa shape index (κ3) is 5.99. The summed E-state index contributed by atoms with van der Waals surface area (Å²) in [5.74, 6) is -5.71. The van der Waals surface area contributed by atoms with Crippen LogP contribution in [0, 0.1) is 5.41 Å². The number of likely N-dealkylation sites (tertiary alicyclic amines) is 1. The third-order valence-corrected chi connectivity index (χ3v) is 6.04. The first-order valence-corrected chi connectivity index (χ1v) is 11.9. The van der Waals surface area contributed by atoms with Crippen molar-refractivity contribution in [2.75, 3.05) is 25.0 Å². The van der Waals surface area contributed by atoms with Crippen LogP contribution in [-0.4, -0.2) is 64.7 Å². The number of hydrogen-bond acceptors (Lipinski definition) is 7. The molecule has 1 aliphatic heterocycles. The second kappa shape index (κ2) is 10.9. The number of hydrogen-bond donors (Lipinski definition) is 3. The van der Waals surface area contributed by atoms with Crippen molar-refractivity contribution in [2.45, 2.75) is 38.2 Å². The van der Waals surface area contributed by atoms with Crippen molar-refractivity contribution in [3.63, 3.8) is 0 Å². The smallest absolute Gasteiger partial charge is 0.276 e. The average molecular weight is 511 g/mol. The fraction of sp³-hybridized carbons (Fsp3) is 0.346. The molecule has 0 spiro atoms. The van der Waals surface area contributed by atoms with Gasteiger partial charge in [0.2, 0.25) is 17.6 Å². The molecule has 2 heterocycles. The molecule has 194 valence electrons. The van der Waals surface area contributed by atoms with Gasteiger partial charge in [-0.05, 0) is 38.5 Å². The fourth-order valence-corrected chi connectivity index (χ4v) is 4.17. The number of piperidine rings is 1. The zero-order valence-electron chi connectivity index (χ0n) is 20.5. The lowest BCUT2D eigenvalue weighted by Gasteiger charge is -2.36. The molecule has 37 heavy (non-hydrogen) atoms. The topological polar surface area (TPSA) is 124 Å². The van der Waals surface area contributed by atoms with Crippen molar-refractivity contribution in [1.82, 2.24) is 20.4 Å². The van der Waals surface area contributed by atoms with E-state index < -0.39 is 30.2 Å². The van der Waals surface area contributed by atoms with Gasteiger partial charge in [-0.3, -0.25) is 9.59 Å². The van der Waals surface area contributed by atoms with E-state index in [-0.39, 0.29) is 37.3 Å². The van der Waals surface area contributed by atoms with Gasteiger partial charge in [-0.1, -0.05) is 35.5 Å². The SMILES string of the molecule is CC(C)Nc1cc(-c2noc(C3CCN(C(=O)CNC(=O)c4ccccc4)CC3(F)F)n2)ccc1C=N. The molecular weight excluding hydrogens is 482 g/mol. The van der Waals surface area contributed by atoms with Crippen LogP contribution >= 0.6 is 0 Å². The predicted molar refractivity (Wildman–Crippen MR) is 134 cm³/mol. The summed E-state index contributed by atoms with van der Waals surface area (Å²) in [5.41, 5.74) is 2.31. The number of nitrogens with zero attached hydrogens (tertiary/aromatic N) is 3. The Morgan fingerprint density at radius 1 is 1.24 bits per heavy atom. The molecule has 11 heteroatoms. The molecule has 1 saturated heterocycles. The summed E-state index contributed by atoms with van der Waals surface area (Å²) in [6, 6.07) is 13.6. The van der Waals surface area contributed by atoms with Crippen LogP contribution in [0.5, 0.6) is 0 Å². The van der Waals surface area contributed by atoms with Gasteiger partial charge >= 0.3 is 0 Å². The lowest BCUT2D eigenvalue weighted by molar-refractivity contribution is -0.144. The summed E-state index contributed by atoms with van der Waals surface area (Å²) >= 11 is 0. The standard InChI is InChI=1S/C26H28F2N6O3/c1-16(2)31-21-12-18(8-9-19(21)13-29)23-32-25(37-33-23)20-10-11-34(15-26(20,27)28)22(35)14-30-24(36)17-6-4-3-5-7-17/h3-9,12-13,16,20,29,31H,10-11,14-15H2,1-2H3,(H,30,36). The number of halogens is 2. The van der Waals surface area contributed by atoms with Gasteiger partial charge in [-0.15, -0.1) is 0 Å². The van der Waals surface area contributed by atoms with Crippen molar-refractivity contribution in [2.24, 2.45) is 0 Å². The molecule has 9 nitrogen and oxygen atoms in total. The lowest BCUT2D eigenvalue weighted by Crippen LogP contribution is -2.52. The third-order valence-electron chi connectivity index (χ3n) is 6.04. The Balaban J connectivity index is 1.41. The molecule has 2 amide bonds. The maximum absolute atomic E-state index is 15.1. The normalized spacial score (nSPS) is 16.9. The summed E-state index contributed by atoms with van der Waals surface area (Å²) in [7, 11) is 0. The van der Waals surface area contributed by atoms with Gasteiger partial charge in [0.25, 0.3) is 11.8 Å². The Morgan fingerprint density at radius 3 is 2.68 bits per heavy atom. The van der Waals surface area contributed by atoms with E-state index in [4.69, 9.17) is 9.93 Å². The number of benzene rings is 2. The lowest BCUT2D eigenvalue weighted by atomic mass is 9.92. The molecule has 1 aromatic heterocycles.